The Morgan fingerprint density at radius 3 is 2.68 bits per heavy atom. The summed E-state index contributed by atoms with van der Waals surface area (Å²) in [6.07, 6.45) is 2.79. The standard InChI is InChI=1S/C21H30N4O3/c1-4-12(2)17(24-13(3)26)11-23-16-9-8-14-6-5-7-15-10-18(20(22)27)25(19(14)15)21(16)28/h5-7,12,16-18,23H,4,8-11H2,1-3H3,(H2,22,27)(H,24,26)/t12-,16?,17+,18?/m0/s1. The van der Waals surface area contributed by atoms with Gasteiger partial charge in [-0.15, -0.1) is 0 Å². The fourth-order valence-electron chi connectivity index (χ4n) is 4.26. The Morgan fingerprint density at radius 1 is 1.32 bits per heavy atom. The average molecular weight is 386 g/mol. The molecule has 1 aromatic carbocycles. The van der Waals surface area contributed by atoms with Crippen molar-refractivity contribution in [2.24, 2.45) is 11.7 Å². The summed E-state index contributed by atoms with van der Waals surface area (Å²) in [7, 11) is 0. The van der Waals surface area contributed by atoms with Crippen LogP contribution in [0.15, 0.2) is 18.2 Å². The summed E-state index contributed by atoms with van der Waals surface area (Å²) in [5, 5.41) is 6.34. The van der Waals surface area contributed by atoms with Crippen molar-refractivity contribution in [3.63, 3.8) is 0 Å². The van der Waals surface area contributed by atoms with Gasteiger partial charge in [0.05, 0.1) is 11.7 Å². The maximum Gasteiger partial charge on any atom is 0.244 e. The number of nitrogens with zero attached hydrogens (tertiary/aromatic N) is 1. The molecule has 7 heteroatoms. The normalized spacial score (nSPS) is 23.0. The predicted octanol–water partition coefficient (Wildman–Crippen LogP) is 0.885. The lowest BCUT2D eigenvalue weighted by atomic mass is 9.98. The van der Waals surface area contributed by atoms with E-state index in [0.29, 0.717) is 19.4 Å². The molecule has 2 aliphatic heterocycles. The minimum Gasteiger partial charge on any atom is -0.368 e. The van der Waals surface area contributed by atoms with Gasteiger partial charge >= 0.3 is 0 Å². The molecule has 0 aromatic heterocycles. The number of nitrogens with two attached hydrogens (primary N) is 1. The highest BCUT2D eigenvalue weighted by Gasteiger charge is 2.42. The monoisotopic (exact) mass is 386 g/mol. The maximum absolute atomic E-state index is 13.3. The Hall–Kier alpha value is -2.41. The number of primary amides is 1. The molecule has 7 nitrogen and oxygen atoms in total. The Balaban J connectivity index is 1.81. The van der Waals surface area contributed by atoms with E-state index in [0.717, 1.165) is 29.7 Å². The third kappa shape index (κ3) is 3.90. The molecule has 0 fully saturated rings. The molecular weight excluding hydrogens is 356 g/mol. The first-order valence-electron chi connectivity index (χ1n) is 10.1. The molecule has 1 aromatic rings. The number of nitrogens with one attached hydrogen (secondary N) is 2. The lowest BCUT2D eigenvalue weighted by molar-refractivity contribution is -0.125. The van der Waals surface area contributed by atoms with Crippen LogP contribution in [0.3, 0.4) is 0 Å². The molecule has 2 unspecified atom stereocenters. The van der Waals surface area contributed by atoms with E-state index in [1.165, 1.54) is 6.92 Å². The fraction of sp³-hybridized carbons (Fsp3) is 0.571. The number of anilines is 1. The van der Waals surface area contributed by atoms with Crippen molar-refractivity contribution in [1.29, 1.82) is 0 Å². The van der Waals surface area contributed by atoms with E-state index in [-0.39, 0.29) is 23.8 Å². The van der Waals surface area contributed by atoms with Crippen molar-refractivity contribution in [3.8, 4) is 0 Å². The Bertz CT molecular complexity index is 779. The van der Waals surface area contributed by atoms with Crippen molar-refractivity contribution in [3.05, 3.63) is 29.3 Å². The highest BCUT2D eigenvalue weighted by molar-refractivity contribution is 6.06. The molecule has 0 aliphatic carbocycles. The second-order valence-corrected chi connectivity index (χ2v) is 7.95. The molecule has 0 saturated heterocycles. The van der Waals surface area contributed by atoms with Crippen LogP contribution in [-0.2, 0) is 27.2 Å². The number of amides is 3. The van der Waals surface area contributed by atoms with Gasteiger partial charge in [0.2, 0.25) is 17.7 Å². The zero-order valence-corrected chi connectivity index (χ0v) is 16.8. The van der Waals surface area contributed by atoms with Gasteiger partial charge in [-0.2, -0.15) is 0 Å². The number of carbonyl (C=O) groups excluding carboxylic acids is 3. The second kappa shape index (κ2) is 8.31. The van der Waals surface area contributed by atoms with Gasteiger partial charge in [-0.25, -0.2) is 0 Å². The van der Waals surface area contributed by atoms with Crippen molar-refractivity contribution >= 4 is 23.4 Å². The SMILES string of the molecule is CC[C@H](C)[C@@H](CNC1CCc2cccc3c2N(C1=O)C(C(N)=O)C3)NC(C)=O. The molecule has 4 N–H and O–H groups in total. The molecule has 3 amide bonds. The number of para-hydroxylation sites is 1. The number of carbonyl (C=O) groups is 3. The van der Waals surface area contributed by atoms with E-state index >= 15 is 0 Å². The number of rotatable bonds is 7. The summed E-state index contributed by atoms with van der Waals surface area (Å²) in [6.45, 7) is 6.17. The van der Waals surface area contributed by atoms with Crippen LogP contribution in [0.5, 0.6) is 0 Å². The van der Waals surface area contributed by atoms with E-state index < -0.39 is 18.0 Å². The number of benzene rings is 1. The quantitative estimate of drug-likeness (QED) is 0.647. The van der Waals surface area contributed by atoms with Crippen molar-refractivity contribution in [1.82, 2.24) is 10.6 Å². The van der Waals surface area contributed by atoms with Crippen LogP contribution in [-0.4, -0.2) is 42.4 Å². The largest absolute Gasteiger partial charge is 0.368 e. The Kier molecular flexibility index (Phi) is 6.03. The van der Waals surface area contributed by atoms with Gasteiger partial charge in [-0.05, 0) is 29.9 Å². The van der Waals surface area contributed by atoms with Crippen LogP contribution in [0, 0.1) is 5.92 Å². The van der Waals surface area contributed by atoms with Crippen LogP contribution in [0.1, 0.15) is 44.7 Å². The van der Waals surface area contributed by atoms with E-state index in [1.54, 1.807) is 4.90 Å². The lowest BCUT2D eigenvalue weighted by Gasteiger charge is -2.29. The molecule has 2 aliphatic rings. The molecule has 2 heterocycles. The summed E-state index contributed by atoms with van der Waals surface area (Å²) >= 11 is 0. The molecule has 0 radical (unpaired) electrons. The summed E-state index contributed by atoms with van der Waals surface area (Å²) in [5.74, 6) is -0.388. The van der Waals surface area contributed by atoms with Crippen LogP contribution in [0.25, 0.3) is 0 Å². The molecule has 0 bridgehead atoms. The Labute approximate surface area is 166 Å². The molecule has 0 saturated carbocycles. The van der Waals surface area contributed by atoms with Gasteiger partial charge in [-0.1, -0.05) is 38.5 Å². The number of aryl methyl sites for hydroxylation is 1. The number of hydrogen-bond acceptors (Lipinski definition) is 4. The third-order valence-electron chi connectivity index (χ3n) is 6.04. The summed E-state index contributed by atoms with van der Waals surface area (Å²) in [4.78, 5) is 38.5. The van der Waals surface area contributed by atoms with E-state index in [2.05, 4.69) is 24.5 Å². The predicted molar refractivity (Wildman–Crippen MR) is 108 cm³/mol. The van der Waals surface area contributed by atoms with Crippen molar-refractivity contribution < 1.29 is 14.4 Å². The van der Waals surface area contributed by atoms with E-state index in [9.17, 15) is 14.4 Å². The topological polar surface area (TPSA) is 105 Å². The molecule has 3 rings (SSSR count). The zero-order valence-electron chi connectivity index (χ0n) is 16.8. The number of hydrogen-bond donors (Lipinski definition) is 3. The van der Waals surface area contributed by atoms with Crippen LogP contribution in [0.2, 0.25) is 0 Å². The van der Waals surface area contributed by atoms with Crippen LogP contribution in [0.4, 0.5) is 5.69 Å². The minimum absolute atomic E-state index is 0.0537. The minimum atomic E-state index is -0.633. The maximum atomic E-state index is 13.3. The van der Waals surface area contributed by atoms with Gasteiger partial charge in [0.25, 0.3) is 0 Å². The van der Waals surface area contributed by atoms with Crippen LogP contribution < -0.4 is 21.3 Å². The van der Waals surface area contributed by atoms with Gasteiger partial charge in [-0.3, -0.25) is 19.3 Å². The van der Waals surface area contributed by atoms with E-state index in [1.807, 2.05) is 18.2 Å². The first kappa shape index (κ1) is 20.3. The molecule has 28 heavy (non-hydrogen) atoms. The molecule has 4 atom stereocenters. The fourth-order valence-corrected chi connectivity index (χ4v) is 4.26. The first-order valence-corrected chi connectivity index (χ1v) is 10.1. The molecule has 0 spiro atoms. The highest BCUT2D eigenvalue weighted by atomic mass is 16.2. The lowest BCUT2D eigenvalue weighted by Crippen LogP contribution is -2.55. The van der Waals surface area contributed by atoms with Gasteiger partial charge in [0, 0.05) is 25.9 Å². The summed E-state index contributed by atoms with van der Waals surface area (Å²) in [5.41, 5.74) is 8.56. The molecular formula is C21H30N4O3. The molecule has 152 valence electrons. The van der Waals surface area contributed by atoms with Crippen LogP contribution >= 0.6 is 0 Å². The van der Waals surface area contributed by atoms with Gasteiger partial charge in [0.1, 0.15) is 6.04 Å². The third-order valence-corrected chi connectivity index (χ3v) is 6.04. The van der Waals surface area contributed by atoms with Gasteiger partial charge < -0.3 is 16.4 Å². The summed E-state index contributed by atoms with van der Waals surface area (Å²) < 4.78 is 0. The Morgan fingerprint density at radius 2 is 2.04 bits per heavy atom. The van der Waals surface area contributed by atoms with E-state index in [4.69, 9.17) is 5.73 Å². The zero-order chi connectivity index (χ0) is 20.4. The van der Waals surface area contributed by atoms with Crippen molar-refractivity contribution in [2.45, 2.75) is 64.6 Å². The van der Waals surface area contributed by atoms with Crippen molar-refractivity contribution in [2.75, 3.05) is 11.4 Å². The average Bonchev–Trinajstić information content (AvgIpc) is 2.99. The highest BCUT2D eigenvalue weighted by Crippen LogP contribution is 2.38. The second-order valence-electron chi connectivity index (χ2n) is 7.95. The summed E-state index contributed by atoms with van der Waals surface area (Å²) in [6, 6.07) is 4.86. The van der Waals surface area contributed by atoms with Gasteiger partial charge in [0.15, 0.2) is 0 Å². The first-order chi connectivity index (χ1) is 13.3. The smallest absolute Gasteiger partial charge is 0.244 e.